The predicted octanol–water partition coefficient (Wildman–Crippen LogP) is 4.12. The third-order valence-corrected chi connectivity index (χ3v) is 5.12. The first-order chi connectivity index (χ1) is 12.1. The number of nitrogens with one attached hydrogen (secondary N) is 1. The number of amides is 1. The van der Waals surface area contributed by atoms with Gasteiger partial charge in [-0.05, 0) is 37.1 Å². The van der Waals surface area contributed by atoms with Crippen molar-refractivity contribution in [3.8, 4) is 0 Å². The van der Waals surface area contributed by atoms with Gasteiger partial charge in [0.15, 0.2) is 0 Å². The van der Waals surface area contributed by atoms with Crippen molar-refractivity contribution < 1.29 is 14.5 Å². The first-order valence-electron chi connectivity index (χ1n) is 8.03. The van der Waals surface area contributed by atoms with E-state index in [0.717, 1.165) is 30.1 Å². The second kappa shape index (κ2) is 8.13. The Hall–Kier alpha value is -2.38. The van der Waals surface area contributed by atoms with E-state index in [1.807, 2.05) is 18.2 Å². The summed E-state index contributed by atoms with van der Waals surface area (Å²) in [6.07, 6.45) is 2.40. The summed E-state index contributed by atoms with van der Waals surface area (Å²) in [5.41, 5.74) is 1.10. The van der Waals surface area contributed by atoms with Crippen LogP contribution in [0.2, 0.25) is 0 Å². The van der Waals surface area contributed by atoms with Gasteiger partial charge in [0.2, 0.25) is 0 Å². The third-order valence-electron chi connectivity index (χ3n) is 3.92. The predicted molar refractivity (Wildman–Crippen MR) is 97.2 cm³/mol. The van der Waals surface area contributed by atoms with Gasteiger partial charge in [0.25, 0.3) is 11.6 Å². The summed E-state index contributed by atoms with van der Waals surface area (Å²) >= 11 is 1.61. The molecule has 2 aromatic rings. The normalized spacial score (nSPS) is 16.6. The van der Waals surface area contributed by atoms with Crippen LogP contribution in [0, 0.1) is 10.1 Å². The molecule has 1 aliphatic rings. The molecule has 130 valence electrons. The lowest BCUT2D eigenvalue weighted by Crippen LogP contribution is -2.14. The van der Waals surface area contributed by atoms with E-state index in [0.29, 0.717) is 11.3 Å². The third kappa shape index (κ3) is 4.58. The molecule has 7 heteroatoms. The van der Waals surface area contributed by atoms with Crippen molar-refractivity contribution in [2.45, 2.75) is 23.8 Å². The fourth-order valence-electron chi connectivity index (χ4n) is 2.60. The molecule has 0 bridgehead atoms. The molecule has 0 aromatic heterocycles. The van der Waals surface area contributed by atoms with Crippen LogP contribution in [-0.2, 0) is 4.74 Å². The van der Waals surface area contributed by atoms with Crippen LogP contribution in [0.5, 0.6) is 0 Å². The summed E-state index contributed by atoms with van der Waals surface area (Å²) in [5, 5.41) is 13.5. The van der Waals surface area contributed by atoms with E-state index in [1.54, 1.807) is 17.8 Å². The molecule has 3 rings (SSSR count). The van der Waals surface area contributed by atoms with E-state index < -0.39 is 4.92 Å². The largest absolute Gasteiger partial charge is 0.377 e. The average molecular weight is 358 g/mol. The maximum Gasteiger partial charge on any atom is 0.269 e. The first-order valence-corrected chi connectivity index (χ1v) is 9.01. The zero-order valence-electron chi connectivity index (χ0n) is 13.5. The van der Waals surface area contributed by atoms with E-state index in [4.69, 9.17) is 4.74 Å². The highest BCUT2D eigenvalue weighted by Gasteiger charge is 2.18. The number of nitrogens with zero attached hydrogens (tertiary/aromatic N) is 1. The SMILES string of the molecule is O=C(Nc1ccc([N+](=O)[O-])cc1)c1ccccc1SCC1CCCO1. The second-order valence-corrected chi connectivity index (χ2v) is 6.76. The Bertz CT molecular complexity index is 758. The van der Waals surface area contributed by atoms with Crippen molar-refractivity contribution in [1.29, 1.82) is 0 Å². The number of thioether (sulfide) groups is 1. The molecule has 0 spiro atoms. The van der Waals surface area contributed by atoms with E-state index >= 15 is 0 Å². The van der Waals surface area contributed by atoms with Gasteiger partial charge in [-0.3, -0.25) is 14.9 Å². The molecule has 1 saturated heterocycles. The molecule has 2 aromatic carbocycles. The Balaban J connectivity index is 1.67. The highest BCUT2D eigenvalue weighted by Crippen LogP contribution is 2.27. The Kier molecular flexibility index (Phi) is 5.67. The second-order valence-electron chi connectivity index (χ2n) is 5.70. The molecule has 1 N–H and O–H groups in total. The van der Waals surface area contributed by atoms with Crippen LogP contribution in [-0.4, -0.2) is 29.3 Å². The number of nitro benzene ring substituents is 1. The maximum absolute atomic E-state index is 12.6. The number of rotatable bonds is 6. The van der Waals surface area contributed by atoms with Gasteiger partial charge in [-0.1, -0.05) is 12.1 Å². The van der Waals surface area contributed by atoms with Crippen LogP contribution in [0.4, 0.5) is 11.4 Å². The van der Waals surface area contributed by atoms with Crippen LogP contribution >= 0.6 is 11.8 Å². The molecule has 1 atom stereocenters. The van der Waals surface area contributed by atoms with E-state index in [9.17, 15) is 14.9 Å². The Labute approximate surface area is 149 Å². The molecule has 1 aliphatic heterocycles. The maximum atomic E-state index is 12.6. The molecule has 25 heavy (non-hydrogen) atoms. The van der Waals surface area contributed by atoms with Gasteiger partial charge >= 0.3 is 0 Å². The number of nitro groups is 1. The van der Waals surface area contributed by atoms with Crippen LogP contribution in [0.3, 0.4) is 0 Å². The Morgan fingerprint density at radius 1 is 1.24 bits per heavy atom. The van der Waals surface area contributed by atoms with Gasteiger partial charge in [-0.2, -0.15) is 0 Å². The molecule has 0 radical (unpaired) electrons. The van der Waals surface area contributed by atoms with Gasteiger partial charge in [0.05, 0.1) is 16.6 Å². The topological polar surface area (TPSA) is 81.5 Å². The molecular weight excluding hydrogens is 340 g/mol. The number of carbonyl (C=O) groups excluding carboxylic acids is 1. The van der Waals surface area contributed by atoms with Crippen molar-refractivity contribution >= 4 is 29.0 Å². The molecule has 1 unspecified atom stereocenters. The standard InChI is InChI=1S/C18H18N2O4S/c21-18(19-13-7-9-14(10-8-13)20(22)23)16-5-1-2-6-17(16)25-12-15-4-3-11-24-15/h1-2,5-10,15H,3-4,11-12H2,(H,19,21). The van der Waals surface area contributed by atoms with E-state index in [-0.39, 0.29) is 17.7 Å². The van der Waals surface area contributed by atoms with Gasteiger partial charge in [0.1, 0.15) is 0 Å². The van der Waals surface area contributed by atoms with Gasteiger partial charge in [-0.15, -0.1) is 11.8 Å². The Morgan fingerprint density at radius 3 is 2.68 bits per heavy atom. The van der Waals surface area contributed by atoms with Crippen molar-refractivity contribution in [3.63, 3.8) is 0 Å². The molecule has 1 fully saturated rings. The lowest BCUT2D eigenvalue weighted by atomic mass is 10.2. The summed E-state index contributed by atoms with van der Waals surface area (Å²) < 4.78 is 5.62. The molecule has 6 nitrogen and oxygen atoms in total. The number of anilines is 1. The van der Waals surface area contributed by atoms with Crippen LogP contribution < -0.4 is 5.32 Å². The van der Waals surface area contributed by atoms with Gasteiger partial charge < -0.3 is 10.1 Å². The summed E-state index contributed by atoms with van der Waals surface area (Å²) in [5.74, 6) is 0.589. The summed E-state index contributed by atoms with van der Waals surface area (Å²) in [6.45, 7) is 0.813. The fraction of sp³-hybridized carbons (Fsp3) is 0.278. The molecule has 0 saturated carbocycles. The summed E-state index contributed by atoms with van der Waals surface area (Å²) in [7, 11) is 0. The monoisotopic (exact) mass is 358 g/mol. The lowest BCUT2D eigenvalue weighted by molar-refractivity contribution is -0.384. The minimum atomic E-state index is -0.470. The van der Waals surface area contributed by atoms with Crippen molar-refractivity contribution in [3.05, 3.63) is 64.2 Å². The van der Waals surface area contributed by atoms with E-state index in [2.05, 4.69) is 5.32 Å². The number of hydrogen-bond acceptors (Lipinski definition) is 5. The lowest BCUT2D eigenvalue weighted by Gasteiger charge is -2.12. The smallest absolute Gasteiger partial charge is 0.269 e. The quantitative estimate of drug-likeness (QED) is 0.477. The Morgan fingerprint density at radius 2 is 2.00 bits per heavy atom. The van der Waals surface area contributed by atoms with E-state index in [1.165, 1.54) is 24.3 Å². The van der Waals surface area contributed by atoms with Crippen molar-refractivity contribution in [2.75, 3.05) is 17.7 Å². The number of non-ortho nitro benzene ring substituents is 1. The molecule has 0 aliphatic carbocycles. The minimum Gasteiger partial charge on any atom is -0.377 e. The highest BCUT2D eigenvalue weighted by molar-refractivity contribution is 7.99. The summed E-state index contributed by atoms with van der Waals surface area (Å²) in [6, 6.07) is 13.2. The van der Waals surface area contributed by atoms with Crippen molar-refractivity contribution in [1.82, 2.24) is 0 Å². The number of ether oxygens (including phenoxy) is 1. The molecule has 1 heterocycles. The number of benzene rings is 2. The van der Waals surface area contributed by atoms with Crippen LogP contribution in [0.1, 0.15) is 23.2 Å². The minimum absolute atomic E-state index is 0.00878. The summed E-state index contributed by atoms with van der Waals surface area (Å²) in [4.78, 5) is 23.7. The van der Waals surface area contributed by atoms with Crippen LogP contribution in [0.15, 0.2) is 53.4 Å². The highest BCUT2D eigenvalue weighted by atomic mass is 32.2. The zero-order valence-corrected chi connectivity index (χ0v) is 14.3. The average Bonchev–Trinajstić information content (AvgIpc) is 3.14. The fourth-order valence-corrected chi connectivity index (χ4v) is 3.72. The number of carbonyl (C=O) groups is 1. The van der Waals surface area contributed by atoms with Crippen molar-refractivity contribution in [2.24, 2.45) is 0 Å². The molecular formula is C18H18N2O4S. The zero-order chi connectivity index (χ0) is 17.6. The van der Waals surface area contributed by atoms with Gasteiger partial charge in [0, 0.05) is 35.1 Å². The van der Waals surface area contributed by atoms with Gasteiger partial charge in [-0.25, -0.2) is 0 Å². The number of hydrogen-bond donors (Lipinski definition) is 1. The van der Waals surface area contributed by atoms with Crippen LogP contribution in [0.25, 0.3) is 0 Å². The molecule has 1 amide bonds. The first kappa shape index (κ1) is 17.4.